The van der Waals surface area contributed by atoms with E-state index in [-0.39, 0.29) is 11.5 Å². The number of aliphatic hydroxyl groups is 1. The Kier molecular flexibility index (Phi) is 3.09. The number of carbonyl (C=O) groups excluding carboxylic acids is 1. The Morgan fingerprint density at radius 3 is 2.81 bits per heavy atom. The molecule has 1 aromatic carbocycles. The van der Waals surface area contributed by atoms with Crippen LogP contribution in [0, 0.1) is 0 Å². The fourth-order valence-corrected chi connectivity index (χ4v) is 2.19. The number of fused-ring (bicyclic) bond motifs is 1. The number of hydrogen-bond acceptors (Lipinski definition) is 2. The normalized spacial score (nSPS) is 15.6. The first kappa shape index (κ1) is 10.9. The Bertz CT molecular complexity index is 444. The third kappa shape index (κ3) is 1.87. The van der Waals surface area contributed by atoms with Crippen molar-refractivity contribution in [2.24, 2.45) is 0 Å². The molecular formula is C14H16O2. The monoisotopic (exact) mass is 216 g/mol. The molecule has 0 heterocycles. The molecule has 0 bridgehead atoms. The van der Waals surface area contributed by atoms with Crippen LogP contribution in [0.1, 0.15) is 37.3 Å². The second kappa shape index (κ2) is 4.52. The zero-order valence-corrected chi connectivity index (χ0v) is 9.49. The molecular weight excluding hydrogens is 200 g/mol. The first-order valence-corrected chi connectivity index (χ1v) is 5.77. The van der Waals surface area contributed by atoms with E-state index in [4.69, 9.17) is 0 Å². The molecule has 0 spiro atoms. The van der Waals surface area contributed by atoms with E-state index in [1.54, 1.807) is 0 Å². The molecule has 84 valence electrons. The molecule has 0 unspecified atom stereocenters. The minimum absolute atomic E-state index is 0.0641. The van der Waals surface area contributed by atoms with E-state index in [9.17, 15) is 9.90 Å². The van der Waals surface area contributed by atoms with Gasteiger partial charge in [0.1, 0.15) is 5.76 Å². The minimum Gasteiger partial charge on any atom is -0.507 e. The van der Waals surface area contributed by atoms with Gasteiger partial charge in [-0.3, -0.25) is 4.79 Å². The standard InChI is InChI=1S/C14H16O2/c1-2-13(15)12-9-5-7-10-6-3-4-8-11(10)14(12)16/h3-4,6,8,16H,2,5,7,9H2,1H3. The molecule has 1 aliphatic rings. The molecule has 16 heavy (non-hydrogen) atoms. The van der Waals surface area contributed by atoms with Gasteiger partial charge in [-0.2, -0.15) is 0 Å². The summed E-state index contributed by atoms with van der Waals surface area (Å²) in [7, 11) is 0. The molecule has 0 fully saturated rings. The van der Waals surface area contributed by atoms with Crippen molar-refractivity contribution in [3.8, 4) is 0 Å². The Morgan fingerprint density at radius 1 is 1.31 bits per heavy atom. The predicted octanol–water partition coefficient (Wildman–Crippen LogP) is 3.27. The quantitative estimate of drug-likeness (QED) is 0.823. The second-order valence-electron chi connectivity index (χ2n) is 4.11. The number of rotatable bonds is 2. The minimum atomic E-state index is 0.0641. The first-order valence-electron chi connectivity index (χ1n) is 5.77. The summed E-state index contributed by atoms with van der Waals surface area (Å²) >= 11 is 0. The summed E-state index contributed by atoms with van der Waals surface area (Å²) in [5.74, 6) is 0.258. The summed E-state index contributed by atoms with van der Waals surface area (Å²) in [5.41, 5.74) is 2.57. The molecule has 0 saturated carbocycles. The van der Waals surface area contributed by atoms with Gasteiger partial charge < -0.3 is 5.11 Å². The van der Waals surface area contributed by atoms with E-state index >= 15 is 0 Å². The van der Waals surface area contributed by atoms with Gasteiger partial charge in [0.2, 0.25) is 0 Å². The molecule has 1 aromatic rings. The molecule has 2 rings (SSSR count). The molecule has 2 heteroatoms. The van der Waals surface area contributed by atoms with Gasteiger partial charge in [0.05, 0.1) is 0 Å². The summed E-state index contributed by atoms with van der Waals surface area (Å²) in [5, 5.41) is 10.2. The van der Waals surface area contributed by atoms with Gasteiger partial charge in [0.25, 0.3) is 0 Å². The van der Waals surface area contributed by atoms with E-state index in [0.717, 1.165) is 24.0 Å². The van der Waals surface area contributed by atoms with Crippen LogP contribution in [-0.2, 0) is 11.2 Å². The first-order chi connectivity index (χ1) is 7.74. The van der Waals surface area contributed by atoms with Crippen LogP contribution in [0.25, 0.3) is 5.76 Å². The predicted molar refractivity (Wildman–Crippen MR) is 64.2 cm³/mol. The highest BCUT2D eigenvalue weighted by atomic mass is 16.3. The molecule has 0 atom stereocenters. The largest absolute Gasteiger partial charge is 0.507 e. The Morgan fingerprint density at radius 2 is 2.06 bits per heavy atom. The van der Waals surface area contributed by atoms with Gasteiger partial charge >= 0.3 is 0 Å². The van der Waals surface area contributed by atoms with Gasteiger partial charge in [-0.05, 0) is 24.8 Å². The molecule has 0 radical (unpaired) electrons. The smallest absolute Gasteiger partial charge is 0.162 e. The Hall–Kier alpha value is -1.57. The van der Waals surface area contributed by atoms with Crippen molar-refractivity contribution >= 4 is 11.5 Å². The molecule has 0 amide bonds. The molecule has 0 saturated heterocycles. The fraction of sp³-hybridized carbons (Fsp3) is 0.357. The molecule has 1 N–H and O–H groups in total. The number of aliphatic hydroxyl groups excluding tert-OH is 1. The number of aryl methyl sites for hydroxylation is 1. The van der Waals surface area contributed by atoms with Crippen molar-refractivity contribution in [2.75, 3.05) is 0 Å². The molecule has 0 aromatic heterocycles. The lowest BCUT2D eigenvalue weighted by Crippen LogP contribution is -2.03. The van der Waals surface area contributed by atoms with E-state index in [1.165, 1.54) is 0 Å². The summed E-state index contributed by atoms with van der Waals surface area (Å²) in [6, 6.07) is 7.77. The third-order valence-electron chi connectivity index (χ3n) is 3.09. The van der Waals surface area contributed by atoms with Crippen LogP contribution in [0.15, 0.2) is 29.8 Å². The van der Waals surface area contributed by atoms with Gasteiger partial charge in [-0.15, -0.1) is 0 Å². The van der Waals surface area contributed by atoms with Crippen molar-refractivity contribution in [1.29, 1.82) is 0 Å². The van der Waals surface area contributed by atoms with Crippen LogP contribution in [0.4, 0.5) is 0 Å². The lowest BCUT2D eigenvalue weighted by Gasteiger charge is -2.07. The highest BCUT2D eigenvalue weighted by Gasteiger charge is 2.19. The average molecular weight is 216 g/mol. The van der Waals surface area contributed by atoms with E-state index in [0.29, 0.717) is 18.4 Å². The Labute approximate surface area is 95.6 Å². The summed E-state index contributed by atoms with van der Waals surface area (Å²) in [6.45, 7) is 1.83. The zero-order chi connectivity index (χ0) is 11.5. The number of Topliss-reactive ketones (excluding diaryl/α,β-unsaturated/α-hetero) is 1. The number of hydrogen-bond donors (Lipinski definition) is 1. The topological polar surface area (TPSA) is 37.3 Å². The number of allylic oxidation sites excluding steroid dienone is 1. The summed E-state index contributed by atoms with van der Waals surface area (Å²) in [6.07, 6.45) is 3.01. The van der Waals surface area contributed by atoms with E-state index in [2.05, 4.69) is 0 Å². The zero-order valence-electron chi connectivity index (χ0n) is 9.49. The lowest BCUT2D eigenvalue weighted by atomic mass is 10.0. The van der Waals surface area contributed by atoms with Gasteiger partial charge in [0.15, 0.2) is 5.78 Å². The highest BCUT2D eigenvalue weighted by molar-refractivity contribution is 6.01. The van der Waals surface area contributed by atoms with Crippen molar-refractivity contribution in [3.05, 3.63) is 41.0 Å². The Balaban J connectivity index is 2.51. The van der Waals surface area contributed by atoms with Gasteiger partial charge in [-0.25, -0.2) is 0 Å². The van der Waals surface area contributed by atoms with Crippen molar-refractivity contribution in [2.45, 2.75) is 32.6 Å². The lowest BCUT2D eigenvalue weighted by molar-refractivity contribution is -0.115. The van der Waals surface area contributed by atoms with Crippen LogP contribution in [0.2, 0.25) is 0 Å². The maximum atomic E-state index is 11.7. The van der Waals surface area contributed by atoms with Gasteiger partial charge in [0, 0.05) is 17.6 Å². The van der Waals surface area contributed by atoms with Crippen LogP contribution in [-0.4, -0.2) is 10.9 Å². The average Bonchev–Trinajstić information content (AvgIpc) is 2.49. The molecule has 1 aliphatic carbocycles. The number of carbonyl (C=O) groups is 1. The van der Waals surface area contributed by atoms with E-state index < -0.39 is 0 Å². The van der Waals surface area contributed by atoms with Crippen LogP contribution in [0.3, 0.4) is 0 Å². The van der Waals surface area contributed by atoms with Gasteiger partial charge in [-0.1, -0.05) is 31.2 Å². The van der Waals surface area contributed by atoms with Crippen molar-refractivity contribution < 1.29 is 9.90 Å². The van der Waals surface area contributed by atoms with Crippen LogP contribution < -0.4 is 0 Å². The number of ketones is 1. The fourth-order valence-electron chi connectivity index (χ4n) is 2.19. The maximum Gasteiger partial charge on any atom is 0.162 e. The molecule has 0 aliphatic heterocycles. The number of benzene rings is 1. The third-order valence-corrected chi connectivity index (χ3v) is 3.09. The van der Waals surface area contributed by atoms with Crippen LogP contribution >= 0.6 is 0 Å². The maximum absolute atomic E-state index is 11.7. The summed E-state index contributed by atoms with van der Waals surface area (Å²) < 4.78 is 0. The molecule has 2 nitrogen and oxygen atoms in total. The highest BCUT2D eigenvalue weighted by Crippen LogP contribution is 2.29. The van der Waals surface area contributed by atoms with E-state index in [1.807, 2.05) is 31.2 Å². The SMILES string of the molecule is CCC(=O)C1=C(O)c2ccccc2CCC1. The van der Waals surface area contributed by atoms with Crippen molar-refractivity contribution in [1.82, 2.24) is 0 Å². The van der Waals surface area contributed by atoms with Crippen LogP contribution in [0.5, 0.6) is 0 Å². The second-order valence-corrected chi connectivity index (χ2v) is 4.11. The summed E-state index contributed by atoms with van der Waals surface area (Å²) in [4.78, 5) is 11.7. The van der Waals surface area contributed by atoms with Crippen molar-refractivity contribution in [3.63, 3.8) is 0 Å².